The molecule has 4 aromatic heterocycles. The van der Waals surface area contributed by atoms with Crippen LogP contribution >= 0.6 is 0 Å². The van der Waals surface area contributed by atoms with Crippen LogP contribution in [0.3, 0.4) is 0 Å². The van der Waals surface area contributed by atoms with Crippen LogP contribution in [0.2, 0.25) is 0 Å². The molecule has 0 aliphatic heterocycles. The fraction of sp³-hybridized carbons (Fsp3) is 0. The Bertz CT molecular complexity index is 3190. The zero-order valence-electron chi connectivity index (χ0n) is 27.9. The Balaban J connectivity index is 1.10. The van der Waals surface area contributed by atoms with Crippen LogP contribution in [0.4, 0.5) is 0 Å². The Morgan fingerprint density at radius 2 is 0.731 bits per heavy atom. The van der Waals surface area contributed by atoms with E-state index in [9.17, 15) is 0 Å². The highest BCUT2D eigenvalue weighted by molar-refractivity contribution is 6.25. The molecule has 0 unspecified atom stereocenters. The first-order valence-corrected chi connectivity index (χ1v) is 17.7. The van der Waals surface area contributed by atoms with Crippen molar-refractivity contribution in [2.75, 3.05) is 0 Å². The normalized spacial score (nSPS) is 12.2. The lowest BCUT2D eigenvalue weighted by atomic mass is 10.0. The third-order valence-electron chi connectivity index (χ3n) is 10.9. The largest absolute Gasteiger partial charge is 0.456 e. The van der Waals surface area contributed by atoms with Crippen molar-refractivity contribution < 1.29 is 8.83 Å². The number of para-hydroxylation sites is 4. The third kappa shape index (κ3) is 3.70. The van der Waals surface area contributed by atoms with Gasteiger partial charge in [-0.15, -0.1) is 0 Å². The highest BCUT2D eigenvalue weighted by Crippen LogP contribution is 2.43. The van der Waals surface area contributed by atoms with Crippen molar-refractivity contribution in [3.05, 3.63) is 170 Å². The zero-order chi connectivity index (χ0) is 33.9. The van der Waals surface area contributed by atoms with E-state index in [-0.39, 0.29) is 0 Å². The van der Waals surface area contributed by atoms with Crippen LogP contribution in [0.1, 0.15) is 0 Å². The van der Waals surface area contributed by atoms with Crippen LogP contribution in [-0.4, -0.2) is 9.13 Å². The van der Waals surface area contributed by atoms with Gasteiger partial charge in [-0.3, -0.25) is 0 Å². The number of fused-ring (bicyclic) bond motifs is 14. The summed E-state index contributed by atoms with van der Waals surface area (Å²) in [5.41, 5.74) is 12.8. The molecule has 0 saturated heterocycles. The van der Waals surface area contributed by atoms with Gasteiger partial charge >= 0.3 is 0 Å². The van der Waals surface area contributed by atoms with E-state index >= 15 is 0 Å². The molecule has 0 radical (unpaired) electrons. The molecule has 0 spiro atoms. The second kappa shape index (κ2) is 10.3. The Morgan fingerprint density at radius 1 is 0.308 bits per heavy atom. The molecule has 4 heteroatoms. The minimum absolute atomic E-state index is 0.896. The van der Waals surface area contributed by atoms with Gasteiger partial charge in [0.1, 0.15) is 22.3 Å². The highest BCUT2D eigenvalue weighted by Gasteiger charge is 2.21. The van der Waals surface area contributed by atoms with E-state index in [1.165, 1.54) is 32.6 Å². The van der Waals surface area contributed by atoms with Gasteiger partial charge in [-0.25, -0.2) is 0 Å². The van der Waals surface area contributed by atoms with E-state index in [2.05, 4.69) is 167 Å². The van der Waals surface area contributed by atoms with E-state index in [1.54, 1.807) is 0 Å². The topological polar surface area (TPSA) is 36.1 Å². The maximum Gasteiger partial charge on any atom is 0.137 e. The Kier molecular flexibility index (Phi) is 5.47. The van der Waals surface area contributed by atoms with Crippen molar-refractivity contribution >= 4 is 87.5 Å². The molecule has 0 aliphatic rings. The van der Waals surface area contributed by atoms with Gasteiger partial charge in [-0.05, 0) is 83.9 Å². The molecule has 12 rings (SSSR count). The Hall–Kier alpha value is -7.04. The van der Waals surface area contributed by atoms with Crippen molar-refractivity contribution in [1.29, 1.82) is 0 Å². The van der Waals surface area contributed by atoms with E-state index in [4.69, 9.17) is 8.83 Å². The van der Waals surface area contributed by atoms with Crippen LogP contribution in [0, 0.1) is 0 Å². The van der Waals surface area contributed by atoms with Gasteiger partial charge in [0, 0.05) is 43.7 Å². The predicted octanol–water partition coefficient (Wildman–Crippen LogP) is 13.3. The lowest BCUT2D eigenvalue weighted by Crippen LogP contribution is -1.96. The Morgan fingerprint density at radius 3 is 1.21 bits per heavy atom. The summed E-state index contributed by atoms with van der Waals surface area (Å²) in [5, 5.41) is 9.41. The molecule has 4 nitrogen and oxygen atoms in total. The summed E-state index contributed by atoms with van der Waals surface area (Å²) >= 11 is 0. The number of hydrogen-bond acceptors (Lipinski definition) is 2. The summed E-state index contributed by atoms with van der Waals surface area (Å²) in [6.45, 7) is 0. The van der Waals surface area contributed by atoms with Crippen molar-refractivity contribution in [3.8, 4) is 22.5 Å². The standard InChI is InChI=1S/C48H28N2O2/c1-5-19-39-33(15-1)35-23-25-43-45(37-17-3-7-21-41(37)51-43)47(35)49(39)31-13-9-11-29(27-31)30-12-10-14-32(28-30)50-40-20-6-2-16-34(40)36-24-26-44-46(48(36)50)38-18-4-8-22-42(38)52-44/h1-28H. The minimum atomic E-state index is 0.896. The van der Waals surface area contributed by atoms with Crippen LogP contribution < -0.4 is 0 Å². The SMILES string of the molecule is c1cc(-c2cccc(-n3c4ccccc4c4ccc5oc6ccccc6c5c43)c2)cc(-n2c3ccccc3c3ccc4oc5ccccc5c4c32)c1. The van der Waals surface area contributed by atoms with Gasteiger partial charge in [0.25, 0.3) is 0 Å². The minimum Gasteiger partial charge on any atom is -0.456 e. The van der Waals surface area contributed by atoms with Gasteiger partial charge in [-0.2, -0.15) is 0 Å². The van der Waals surface area contributed by atoms with Crippen LogP contribution in [0.25, 0.3) is 110 Å². The number of benzene rings is 8. The molecule has 52 heavy (non-hydrogen) atoms. The molecule has 0 fully saturated rings. The zero-order valence-corrected chi connectivity index (χ0v) is 27.9. The summed E-state index contributed by atoms with van der Waals surface area (Å²) in [5.74, 6) is 0. The van der Waals surface area contributed by atoms with Crippen LogP contribution in [0.15, 0.2) is 179 Å². The molecule has 0 bridgehead atoms. The average molecular weight is 665 g/mol. The number of furan rings is 2. The lowest BCUT2D eigenvalue weighted by molar-refractivity contribution is 0.669. The summed E-state index contributed by atoms with van der Waals surface area (Å²) in [4.78, 5) is 0. The Labute approximate surface area is 296 Å². The van der Waals surface area contributed by atoms with E-state index in [0.717, 1.165) is 77.4 Å². The van der Waals surface area contributed by atoms with Crippen LogP contribution in [-0.2, 0) is 0 Å². The third-order valence-corrected chi connectivity index (χ3v) is 10.9. The molecule has 0 atom stereocenters. The summed E-state index contributed by atoms with van der Waals surface area (Å²) < 4.78 is 17.6. The molecular formula is C48H28N2O2. The first-order chi connectivity index (χ1) is 25.8. The number of nitrogens with zero attached hydrogens (tertiary/aromatic N) is 2. The quantitative estimate of drug-likeness (QED) is 0.188. The summed E-state index contributed by atoms with van der Waals surface area (Å²) in [6, 6.07) is 60.6. The lowest BCUT2D eigenvalue weighted by Gasteiger charge is -2.13. The maximum atomic E-state index is 6.37. The second-order valence-electron chi connectivity index (χ2n) is 13.7. The van der Waals surface area contributed by atoms with Crippen molar-refractivity contribution in [2.45, 2.75) is 0 Å². The summed E-state index contributed by atoms with van der Waals surface area (Å²) in [7, 11) is 0. The molecule has 12 aromatic rings. The van der Waals surface area contributed by atoms with E-state index < -0.39 is 0 Å². The first kappa shape index (κ1) is 27.7. The molecule has 0 N–H and O–H groups in total. The fourth-order valence-electron chi connectivity index (χ4n) is 8.72. The van der Waals surface area contributed by atoms with Crippen molar-refractivity contribution in [1.82, 2.24) is 9.13 Å². The van der Waals surface area contributed by atoms with Gasteiger partial charge < -0.3 is 18.0 Å². The van der Waals surface area contributed by atoms with E-state index in [0.29, 0.717) is 0 Å². The second-order valence-corrected chi connectivity index (χ2v) is 13.7. The number of aromatic nitrogens is 2. The molecule has 4 heterocycles. The molecular weight excluding hydrogens is 637 g/mol. The maximum absolute atomic E-state index is 6.37. The smallest absolute Gasteiger partial charge is 0.137 e. The molecule has 0 aliphatic carbocycles. The van der Waals surface area contributed by atoms with Gasteiger partial charge in [-0.1, -0.05) is 97.1 Å². The summed E-state index contributed by atoms with van der Waals surface area (Å²) in [6.07, 6.45) is 0. The van der Waals surface area contributed by atoms with Crippen molar-refractivity contribution in [2.24, 2.45) is 0 Å². The number of rotatable bonds is 3. The molecule has 0 saturated carbocycles. The van der Waals surface area contributed by atoms with Crippen LogP contribution in [0.5, 0.6) is 0 Å². The predicted molar refractivity (Wildman–Crippen MR) is 215 cm³/mol. The molecule has 0 amide bonds. The first-order valence-electron chi connectivity index (χ1n) is 17.7. The average Bonchev–Trinajstić information content (AvgIpc) is 3.95. The molecule has 8 aromatic carbocycles. The molecule has 242 valence electrons. The van der Waals surface area contributed by atoms with Gasteiger partial charge in [0.05, 0.1) is 32.8 Å². The highest BCUT2D eigenvalue weighted by atomic mass is 16.3. The van der Waals surface area contributed by atoms with Crippen molar-refractivity contribution in [3.63, 3.8) is 0 Å². The number of hydrogen-bond donors (Lipinski definition) is 0. The van der Waals surface area contributed by atoms with E-state index in [1.807, 2.05) is 12.1 Å². The van der Waals surface area contributed by atoms with Gasteiger partial charge in [0.2, 0.25) is 0 Å². The fourth-order valence-corrected chi connectivity index (χ4v) is 8.72. The van der Waals surface area contributed by atoms with Gasteiger partial charge in [0.15, 0.2) is 0 Å². The monoisotopic (exact) mass is 664 g/mol.